The van der Waals surface area contributed by atoms with Gasteiger partial charge in [0, 0.05) is 16.5 Å². The highest BCUT2D eigenvalue weighted by Gasteiger charge is 2.40. The zero-order chi connectivity index (χ0) is 9.60. The van der Waals surface area contributed by atoms with E-state index in [2.05, 4.69) is 4.99 Å². The van der Waals surface area contributed by atoms with Crippen LogP contribution in [0.25, 0.3) is 0 Å². The van der Waals surface area contributed by atoms with E-state index in [1.807, 2.05) is 17.7 Å². The summed E-state index contributed by atoms with van der Waals surface area (Å²) < 4.78 is 0. The predicted octanol–water partition coefficient (Wildman–Crippen LogP) is 2.78. The van der Waals surface area contributed by atoms with Gasteiger partial charge in [0.1, 0.15) is 0 Å². The lowest BCUT2D eigenvalue weighted by molar-refractivity contribution is 0.0998. The maximum absolute atomic E-state index is 11.5. The van der Waals surface area contributed by atoms with Crippen LogP contribution in [0.4, 0.5) is 0 Å². The summed E-state index contributed by atoms with van der Waals surface area (Å²) in [5, 5.41) is 2.01. The first-order chi connectivity index (χ1) is 6.82. The second-order valence-corrected chi connectivity index (χ2v) is 5.01. The predicted molar refractivity (Wildman–Crippen MR) is 57.3 cm³/mol. The van der Waals surface area contributed by atoms with Crippen molar-refractivity contribution in [3.05, 3.63) is 21.9 Å². The molecule has 0 radical (unpaired) electrons. The van der Waals surface area contributed by atoms with E-state index in [9.17, 15) is 4.79 Å². The first kappa shape index (κ1) is 8.36. The van der Waals surface area contributed by atoms with Crippen LogP contribution in [0.3, 0.4) is 0 Å². The Hall–Kier alpha value is -0.960. The van der Waals surface area contributed by atoms with Gasteiger partial charge in [0.15, 0.2) is 0 Å². The fourth-order valence-electron chi connectivity index (χ4n) is 2.54. The van der Waals surface area contributed by atoms with Crippen molar-refractivity contribution in [3.8, 4) is 0 Å². The second-order valence-electron chi connectivity index (χ2n) is 4.09. The topological polar surface area (TPSA) is 29.4 Å². The molecule has 1 spiro atoms. The van der Waals surface area contributed by atoms with Crippen molar-refractivity contribution in [3.63, 3.8) is 0 Å². The third-order valence-electron chi connectivity index (χ3n) is 3.27. The molecular weight excluding hydrogens is 194 g/mol. The lowest BCUT2D eigenvalue weighted by Crippen LogP contribution is -2.28. The normalized spacial score (nSPS) is 23.0. The van der Waals surface area contributed by atoms with Gasteiger partial charge in [-0.2, -0.15) is 0 Å². The number of fused-ring (bicyclic) bond motifs is 2. The van der Waals surface area contributed by atoms with Crippen LogP contribution in [-0.4, -0.2) is 12.1 Å². The van der Waals surface area contributed by atoms with Crippen molar-refractivity contribution < 1.29 is 4.79 Å². The van der Waals surface area contributed by atoms with Gasteiger partial charge in [-0.15, -0.1) is 11.3 Å². The van der Waals surface area contributed by atoms with Crippen LogP contribution in [0.2, 0.25) is 0 Å². The first-order valence-corrected chi connectivity index (χ1v) is 5.87. The molecule has 0 saturated heterocycles. The van der Waals surface area contributed by atoms with E-state index in [0.29, 0.717) is 0 Å². The Kier molecular flexibility index (Phi) is 1.65. The fraction of sp³-hybridized carbons (Fsp3) is 0.455. The summed E-state index contributed by atoms with van der Waals surface area (Å²) in [5.41, 5.74) is 0.969. The van der Waals surface area contributed by atoms with E-state index < -0.39 is 0 Å². The molecule has 1 aliphatic carbocycles. The number of hydrogen-bond donors (Lipinski definition) is 0. The minimum absolute atomic E-state index is 0.0567. The molecule has 2 nitrogen and oxygen atoms in total. The second kappa shape index (κ2) is 2.76. The van der Waals surface area contributed by atoms with Gasteiger partial charge in [0.25, 0.3) is 5.91 Å². The monoisotopic (exact) mass is 205 g/mol. The molecular formula is C11H11NOS. The summed E-state index contributed by atoms with van der Waals surface area (Å²) in [5.74, 6) is -0.0567. The minimum atomic E-state index is -0.0567. The molecule has 1 aromatic rings. The van der Waals surface area contributed by atoms with Crippen molar-refractivity contribution in [1.29, 1.82) is 0 Å². The van der Waals surface area contributed by atoms with Gasteiger partial charge < -0.3 is 0 Å². The number of carbonyl (C=O) groups excluding carboxylic acids is 1. The summed E-state index contributed by atoms with van der Waals surface area (Å²) in [7, 11) is 0. The molecule has 3 rings (SSSR count). The Morgan fingerprint density at radius 2 is 2.14 bits per heavy atom. The highest BCUT2D eigenvalue weighted by Crippen LogP contribution is 2.45. The summed E-state index contributed by atoms with van der Waals surface area (Å²) >= 11 is 1.71. The Balaban J connectivity index is 2.18. The van der Waals surface area contributed by atoms with Crippen LogP contribution < -0.4 is 0 Å². The summed E-state index contributed by atoms with van der Waals surface area (Å²) in [4.78, 5) is 16.8. The number of nitrogens with zero attached hydrogens (tertiary/aromatic N) is 1. The average Bonchev–Trinajstić information content (AvgIpc) is 2.82. The van der Waals surface area contributed by atoms with Crippen molar-refractivity contribution in [1.82, 2.24) is 0 Å². The molecule has 1 amide bonds. The quantitative estimate of drug-likeness (QED) is 0.640. The van der Waals surface area contributed by atoms with Crippen LogP contribution in [0, 0.1) is 0 Å². The third kappa shape index (κ3) is 0.960. The zero-order valence-corrected chi connectivity index (χ0v) is 8.64. The number of hydrogen-bond acceptors (Lipinski definition) is 2. The van der Waals surface area contributed by atoms with E-state index in [1.165, 1.54) is 17.7 Å². The maximum atomic E-state index is 11.5. The molecule has 3 heteroatoms. The van der Waals surface area contributed by atoms with E-state index in [-0.39, 0.29) is 11.3 Å². The van der Waals surface area contributed by atoms with Crippen molar-refractivity contribution in [2.45, 2.75) is 31.1 Å². The molecule has 0 unspecified atom stereocenters. The lowest BCUT2D eigenvalue weighted by Gasteiger charge is -2.26. The van der Waals surface area contributed by atoms with Gasteiger partial charge in [-0.05, 0) is 24.3 Å². The minimum Gasteiger partial charge on any atom is -0.267 e. The smallest absolute Gasteiger partial charge is 0.267 e. The van der Waals surface area contributed by atoms with Crippen LogP contribution >= 0.6 is 11.3 Å². The van der Waals surface area contributed by atoms with Crippen LogP contribution in [0.15, 0.2) is 16.4 Å². The van der Waals surface area contributed by atoms with Gasteiger partial charge in [-0.3, -0.25) is 4.79 Å². The molecule has 0 atom stereocenters. The molecule has 2 heterocycles. The van der Waals surface area contributed by atoms with Crippen molar-refractivity contribution in [2.24, 2.45) is 4.99 Å². The Morgan fingerprint density at radius 3 is 2.93 bits per heavy atom. The number of thiophene rings is 1. The average molecular weight is 205 g/mol. The van der Waals surface area contributed by atoms with Crippen LogP contribution in [0.1, 0.15) is 40.9 Å². The molecule has 72 valence electrons. The molecule has 2 aliphatic rings. The molecule has 0 N–H and O–H groups in total. The van der Waals surface area contributed by atoms with Gasteiger partial charge in [-0.1, -0.05) is 12.8 Å². The SMILES string of the molecule is O=C1N=CC2(CCCC2)c2sccc21. The summed E-state index contributed by atoms with van der Waals surface area (Å²) in [6.45, 7) is 0. The Labute approximate surface area is 86.7 Å². The fourth-order valence-corrected chi connectivity index (χ4v) is 3.65. The van der Waals surface area contributed by atoms with Crippen molar-refractivity contribution in [2.75, 3.05) is 0 Å². The Morgan fingerprint density at radius 1 is 1.36 bits per heavy atom. The number of carbonyl (C=O) groups is 1. The van der Waals surface area contributed by atoms with Gasteiger partial charge >= 0.3 is 0 Å². The largest absolute Gasteiger partial charge is 0.277 e. The molecule has 1 saturated carbocycles. The first-order valence-electron chi connectivity index (χ1n) is 4.99. The number of aliphatic imine (C=N–C) groups is 1. The standard InChI is InChI=1S/C11H11NOS/c13-10-8-3-6-14-9(8)11(7-12-10)4-1-2-5-11/h3,6-7H,1-2,4-5H2. The van der Waals surface area contributed by atoms with E-state index >= 15 is 0 Å². The third-order valence-corrected chi connectivity index (χ3v) is 4.41. The van der Waals surface area contributed by atoms with E-state index in [4.69, 9.17) is 0 Å². The number of rotatable bonds is 0. The summed E-state index contributed by atoms with van der Waals surface area (Å²) in [6.07, 6.45) is 6.75. The van der Waals surface area contributed by atoms with Gasteiger partial charge in [0.05, 0.1) is 5.56 Å². The van der Waals surface area contributed by atoms with E-state index in [1.54, 1.807) is 11.3 Å². The summed E-state index contributed by atoms with van der Waals surface area (Å²) in [6, 6.07) is 1.92. The Bertz CT molecular complexity index is 413. The highest BCUT2D eigenvalue weighted by molar-refractivity contribution is 7.10. The molecule has 1 aromatic heterocycles. The van der Waals surface area contributed by atoms with Gasteiger partial charge in [0.2, 0.25) is 0 Å². The molecule has 0 bridgehead atoms. The molecule has 14 heavy (non-hydrogen) atoms. The van der Waals surface area contributed by atoms with Crippen LogP contribution in [-0.2, 0) is 5.41 Å². The molecule has 1 aliphatic heterocycles. The molecule has 1 fully saturated rings. The van der Waals surface area contributed by atoms with Crippen LogP contribution in [0.5, 0.6) is 0 Å². The molecule has 0 aromatic carbocycles. The van der Waals surface area contributed by atoms with Gasteiger partial charge in [-0.25, -0.2) is 4.99 Å². The van der Waals surface area contributed by atoms with Crippen molar-refractivity contribution >= 4 is 23.5 Å². The number of amides is 1. The lowest BCUT2D eigenvalue weighted by atomic mass is 9.82. The zero-order valence-electron chi connectivity index (χ0n) is 7.82. The highest BCUT2D eigenvalue weighted by atomic mass is 32.1. The van der Waals surface area contributed by atoms with E-state index in [0.717, 1.165) is 18.4 Å². The maximum Gasteiger partial charge on any atom is 0.277 e.